The Labute approximate surface area is 181 Å². The molecule has 0 radical (unpaired) electrons. The minimum atomic E-state index is -0.0799. The standard InChI is InChI=1S/C24H24ClN3O2/c25-20-6-10-22(11-7-20)27-14-16-28(17-15-27)24(29)26-21-8-12-23(13-9-21)30-18-19-4-2-1-3-5-19/h1-13H,14-18H2,(H,26,29). The number of hydrogen-bond acceptors (Lipinski definition) is 3. The van der Waals surface area contributed by atoms with E-state index in [-0.39, 0.29) is 6.03 Å². The van der Waals surface area contributed by atoms with Crippen LogP contribution in [0.2, 0.25) is 5.02 Å². The van der Waals surface area contributed by atoms with Crippen LogP contribution in [-0.2, 0) is 6.61 Å². The van der Waals surface area contributed by atoms with Crippen LogP contribution in [0.3, 0.4) is 0 Å². The highest BCUT2D eigenvalue weighted by atomic mass is 35.5. The van der Waals surface area contributed by atoms with Gasteiger partial charge < -0.3 is 19.9 Å². The normalized spacial score (nSPS) is 13.8. The third-order valence-electron chi connectivity index (χ3n) is 5.11. The van der Waals surface area contributed by atoms with Crippen molar-refractivity contribution in [3.63, 3.8) is 0 Å². The number of piperazine rings is 1. The van der Waals surface area contributed by atoms with E-state index in [1.807, 2.05) is 83.8 Å². The zero-order chi connectivity index (χ0) is 20.8. The Morgan fingerprint density at radius 1 is 0.867 bits per heavy atom. The number of rotatable bonds is 5. The summed E-state index contributed by atoms with van der Waals surface area (Å²) in [4.78, 5) is 16.7. The topological polar surface area (TPSA) is 44.8 Å². The summed E-state index contributed by atoms with van der Waals surface area (Å²) in [5.74, 6) is 0.772. The van der Waals surface area contributed by atoms with Crippen LogP contribution in [0.1, 0.15) is 5.56 Å². The number of anilines is 2. The molecule has 2 amide bonds. The van der Waals surface area contributed by atoms with Crippen LogP contribution < -0.4 is 15.0 Å². The van der Waals surface area contributed by atoms with Crippen LogP contribution in [0.5, 0.6) is 5.75 Å². The molecule has 0 unspecified atom stereocenters. The fourth-order valence-electron chi connectivity index (χ4n) is 3.40. The summed E-state index contributed by atoms with van der Waals surface area (Å²) in [7, 11) is 0. The van der Waals surface area contributed by atoms with Crippen LogP contribution in [-0.4, -0.2) is 37.1 Å². The van der Waals surface area contributed by atoms with E-state index in [0.717, 1.165) is 40.8 Å². The second-order valence-electron chi connectivity index (χ2n) is 7.18. The van der Waals surface area contributed by atoms with E-state index < -0.39 is 0 Å². The predicted molar refractivity (Wildman–Crippen MR) is 121 cm³/mol. The number of carbonyl (C=O) groups is 1. The van der Waals surface area contributed by atoms with E-state index in [1.54, 1.807) is 0 Å². The molecule has 1 heterocycles. The molecular weight excluding hydrogens is 398 g/mol. The molecule has 0 atom stereocenters. The van der Waals surface area contributed by atoms with Crippen molar-refractivity contribution in [2.45, 2.75) is 6.61 Å². The van der Waals surface area contributed by atoms with E-state index in [0.29, 0.717) is 19.7 Å². The fraction of sp³-hybridized carbons (Fsp3) is 0.208. The molecule has 30 heavy (non-hydrogen) atoms. The van der Waals surface area contributed by atoms with E-state index >= 15 is 0 Å². The summed E-state index contributed by atoms with van der Waals surface area (Å²) < 4.78 is 5.79. The van der Waals surface area contributed by atoms with Gasteiger partial charge in [-0.1, -0.05) is 41.9 Å². The maximum Gasteiger partial charge on any atom is 0.321 e. The Bertz CT molecular complexity index is 954. The molecule has 4 rings (SSSR count). The lowest BCUT2D eigenvalue weighted by atomic mass is 10.2. The molecule has 1 saturated heterocycles. The Balaban J connectivity index is 1.25. The second kappa shape index (κ2) is 9.55. The Morgan fingerprint density at radius 3 is 2.20 bits per heavy atom. The van der Waals surface area contributed by atoms with E-state index in [2.05, 4.69) is 10.2 Å². The lowest BCUT2D eigenvalue weighted by Gasteiger charge is -2.36. The van der Waals surface area contributed by atoms with Gasteiger partial charge in [-0.15, -0.1) is 0 Å². The molecule has 1 aliphatic rings. The SMILES string of the molecule is O=C(Nc1ccc(OCc2ccccc2)cc1)N1CCN(c2ccc(Cl)cc2)CC1. The molecular formula is C24H24ClN3O2. The Morgan fingerprint density at radius 2 is 1.53 bits per heavy atom. The van der Waals surface area contributed by atoms with Gasteiger partial charge in [-0.25, -0.2) is 4.79 Å². The number of urea groups is 1. The maximum absolute atomic E-state index is 12.6. The fourth-order valence-corrected chi connectivity index (χ4v) is 3.52. The van der Waals surface area contributed by atoms with Gasteiger partial charge in [0.2, 0.25) is 0 Å². The second-order valence-corrected chi connectivity index (χ2v) is 7.62. The highest BCUT2D eigenvalue weighted by molar-refractivity contribution is 6.30. The lowest BCUT2D eigenvalue weighted by molar-refractivity contribution is 0.208. The number of halogens is 1. The largest absolute Gasteiger partial charge is 0.489 e. The van der Waals surface area contributed by atoms with Gasteiger partial charge in [0.1, 0.15) is 12.4 Å². The van der Waals surface area contributed by atoms with Crippen molar-refractivity contribution in [1.29, 1.82) is 0 Å². The molecule has 0 aliphatic carbocycles. The first-order valence-electron chi connectivity index (χ1n) is 10.0. The van der Waals surface area contributed by atoms with Gasteiger partial charge in [-0.2, -0.15) is 0 Å². The highest BCUT2D eigenvalue weighted by Crippen LogP contribution is 2.21. The van der Waals surface area contributed by atoms with Crippen LogP contribution in [0, 0.1) is 0 Å². The van der Waals surface area contributed by atoms with Crippen LogP contribution in [0.25, 0.3) is 0 Å². The van der Waals surface area contributed by atoms with E-state index in [9.17, 15) is 4.79 Å². The summed E-state index contributed by atoms with van der Waals surface area (Å²) in [6.45, 7) is 3.45. The summed E-state index contributed by atoms with van der Waals surface area (Å²) in [6.07, 6.45) is 0. The van der Waals surface area contributed by atoms with Crippen LogP contribution in [0.4, 0.5) is 16.2 Å². The van der Waals surface area contributed by atoms with E-state index in [1.165, 1.54) is 0 Å². The zero-order valence-electron chi connectivity index (χ0n) is 16.6. The molecule has 0 spiro atoms. The first kappa shape index (κ1) is 20.1. The molecule has 3 aromatic rings. The van der Waals surface area contributed by atoms with Crippen molar-refractivity contribution >= 4 is 29.0 Å². The Kier molecular flexibility index (Phi) is 6.40. The van der Waals surface area contributed by atoms with E-state index in [4.69, 9.17) is 16.3 Å². The molecule has 1 N–H and O–H groups in total. The minimum Gasteiger partial charge on any atom is -0.489 e. The first-order valence-corrected chi connectivity index (χ1v) is 10.4. The van der Waals surface area contributed by atoms with Gasteiger partial charge in [0.15, 0.2) is 0 Å². The van der Waals surface area contributed by atoms with Crippen molar-refractivity contribution in [1.82, 2.24) is 4.90 Å². The monoisotopic (exact) mass is 421 g/mol. The molecule has 154 valence electrons. The van der Waals surface area contributed by atoms with Gasteiger partial charge in [-0.05, 0) is 54.1 Å². The molecule has 3 aromatic carbocycles. The van der Waals surface area contributed by atoms with Gasteiger partial charge in [0.05, 0.1) is 0 Å². The molecule has 6 heteroatoms. The maximum atomic E-state index is 12.6. The molecule has 5 nitrogen and oxygen atoms in total. The number of hydrogen-bond donors (Lipinski definition) is 1. The van der Waals surface area contributed by atoms with Gasteiger partial charge in [0.25, 0.3) is 0 Å². The number of carbonyl (C=O) groups excluding carboxylic acids is 1. The Hall–Kier alpha value is -3.18. The van der Waals surface area contributed by atoms with Crippen LogP contribution in [0.15, 0.2) is 78.9 Å². The number of amides is 2. The number of ether oxygens (including phenoxy) is 1. The highest BCUT2D eigenvalue weighted by Gasteiger charge is 2.21. The summed E-state index contributed by atoms with van der Waals surface area (Å²) in [5.41, 5.74) is 3.00. The minimum absolute atomic E-state index is 0.0799. The third kappa shape index (κ3) is 5.24. The lowest BCUT2D eigenvalue weighted by Crippen LogP contribution is -2.50. The summed E-state index contributed by atoms with van der Waals surface area (Å²) in [5, 5.41) is 3.70. The number of nitrogens with one attached hydrogen (secondary N) is 1. The van der Waals surface area contributed by atoms with Crippen molar-refractivity contribution in [2.24, 2.45) is 0 Å². The van der Waals surface area contributed by atoms with Crippen molar-refractivity contribution in [2.75, 3.05) is 36.4 Å². The molecule has 0 bridgehead atoms. The average Bonchev–Trinajstić information content (AvgIpc) is 2.80. The quantitative estimate of drug-likeness (QED) is 0.610. The van der Waals surface area contributed by atoms with Gasteiger partial charge in [-0.3, -0.25) is 0 Å². The summed E-state index contributed by atoms with van der Waals surface area (Å²) in [6, 6.07) is 25.2. The molecule has 1 aliphatic heterocycles. The smallest absolute Gasteiger partial charge is 0.321 e. The van der Waals surface area contributed by atoms with Gasteiger partial charge >= 0.3 is 6.03 Å². The summed E-state index contributed by atoms with van der Waals surface area (Å²) >= 11 is 5.96. The molecule has 1 fully saturated rings. The third-order valence-corrected chi connectivity index (χ3v) is 5.36. The number of nitrogens with zero attached hydrogens (tertiary/aromatic N) is 2. The molecule has 0 saturated carbocycles. The van der Waals surface area contributed by atoms with Crippen molar-refractivity contribution < 1.29 is 9.53 Å². The first-order chi connectivity index (χ1) is 14.7. The van der Waals surface area contributed by atoms with Crippen molar-refractivity contribution in [3.8, 4) is 5.75 Å². The molecule has 0 aromatic heterocycles. The predicted octanol–water partition coefficient (Wildman–Crippen LogP) is 5.27. The van der Waals surface area contributed by atoms with Gasteiger partial charge in [0, 0.05) is 42.6 Å². The zero-order valence-corrected chi connectivity index (χ0v) is 17.4. The van der Waals surface area contributed by atoms with Crippen molar-refractivity contribution in [3.05, 3.63) is 89.4 Å². The average molecular weight is 422 g/mol. The number of benzene rings is 3. The van der Waals surface area contributed by atoms with Crippen LogP contribution >= 0.6 is 11.6 Å².